The molecule has 5 nitrogen and oxygen atoms in total. The lowest BCUT2D eigenvalue weighted by Gasteiger charge is -2.24. The van der Waals surface area contributed by atoms with Crippen LogP contribution in [0, 0.1) is 13.8 Å². The highest BCUT2D eigenvalue weighted by atomic mass is 16.3. The van der Waals surface area contributed by atoms with Crippen LogP contribution in [0.15, 0.2) is 79.0 Å². The minimum Gasteiger partial charge on any atom is -0.860 e. The van der Waals surface area contributed by atoms with E-state index in [1.165, 1.54) is 16.5 Å². The van der Waals surface area contributed by atoms with E-state index in [4.69, 9.17) is 0 Å². The van der Waals surface area contributed by atoms with Gasteiger partial charge in [0.2, 0.25) is 0 Å². The highest BCUT2D eigenvalue weighted by Crippen LogP contribution is 2.29. The molecule has 0 saturated carbocycles. The molecular weight excluding hydrogens is 338 g/mol. The number of aromatic nitrogens is 2. The Bertz CT molecular complexity index is 1000. The molecule has 4 rings (SSSR count). The van der Waals surface area contributed by atoms with Crippen LogP contribution in [-0.4, -0.2) is 10.5 Å². The molecule has 1 atom stereocenters. The lowest BCUT2D eigenvalue weighted by molar-refractivity contribution is -0.694. The van der Waals surface area contributed by atoms with E-state index in [9.17, 15) is 9.90 Å². The summed E-state index contributed by atoms with van der Waals surface area (Å²) in [5, 5.41) is 12.5. The molecule has 0 bridgehead atoms. The maximum atomic E-state index is 13.0. The molecular formula is C22H21N3O2. The normalized spacial score (nSPS) is 16.7. The summed E-state index contributed by atoms with van der Waals surface area (Å²) in [7, 11) is 0. The number of imidazole rings is 1. The molecule has 0 saturated heterocycles. The zero-order valence-corrected chi connectivity index (χ0v) is 15.4. The topological polar surface area (TPSA) is 52.2 Å². The quantitative estimate of drug-likeness (QED) is 0.671. The van der Waals surface area contributed by atoms with E-state index in [1.807, 2.05) is 61.1 Å². The third-order valence-corrected chi connectivity index (χ3v) is 4.98. The minimum atomic E-state index is -0.615. The molecule has 1 aromatic heterocycles. The molecule has 0 fully saturated rings. The number of rotatable bonds is 4. The van der Waals surface area contributed by atoms with Crippen molar-refractivity contribution in [2.75, 3.05) is 4.90 Å². The Kier molecular flexibility index (Phi) is 4.28. The van der Waals surface area contributed by atoms with Crippen molar-refractivity contribution in [2.45, 2.75) is 26.4 Å². The van der Waals surface area contributed by atoms with E-state index in [0.29, 0.717) is 5.69 Å². The van der Waals surface area contributed by atoms with Gasteiger partial charge in [-0.15, -0.1) is 0 Å². The molecule has 5 heteroatoms. The van der Waals surface area contributed by atoms with Crippen LogP contribution in [-0.2, 0) is 11.3 Å². The van der Waals surface area contributed by atoms with E-state index in [-0.39, 0.29) is 11.8 Å². The average molecular weight is 359 g/mol. The SMILES string of the molecule is Cc1ccc(N2C(=O)C(n3cc[n+](Cc4ccccc4)c3C)C=C2[O-])cc1. The van der Waals surface area contributed by atoms with Crippen LogP contribution in [0.2, 0.25) is 0 Å². The van der Waals surface area contributed by atoms with Gasteiger partial charge in [-0.3, -0.25) is 9.69 Å². The van der Waals surface area contributed by atoms with Gasteiger partial charge < -0.3 is 5.11 Å². The second-order valence-corrected chi connectivity index (χ2v) is 6.83. The van der Waals surface area contributed by atoms with Gasteiger partial charge in [0.25, 0.3) is 11.7 Å². The van der Waals surface area contributed by atoms with Crippen LogP contribution in [0.3, 0.4) is 0 Å². The van der Waals surface area contributed by atoms with E-state index < -0.39 is 6.04 Å². The van der Waals surface area contributed by atoms with Crippen molar-refractivity contribution in [2.24, 2.45) is 0 Å². The fourth-order valence-electron chi connectivity index (χ4n) is 3.43. The second-order valence-electron chi connectivity index (χ2n) is 6.83. The van der Waals surface area contributed by atoms with Gasteiger partial charge in [0.05, 0.1) is 0 Å². The molecule has 1 aliphatic heterocycles. The summed E-state index contributed by atoms with van der Waals surface area (Å²) in [6.45, 7) is 4.65. The van der Waals surface area contributed by atoms with Gasteiger partial charge in [0.1, 0.15) is 18.9 Å². The number of aryl methyl sites for hydroxylation is 1. The van der Waals surface area contributed by atoms with Gasteiger partial charge >= 0.3 is 0 Å². The number of carbonyl (C=O) groups excluding carboxylic acids is 1. The van der Waals surface area contributed by atoms with Crippen molar-refractivity contribution in [1.29, 1.82) is 0 Å². The number of hydrogen-bond acceptors (Lipinski definition) is 2. The zero-order valence-electron chi connectivity index (χ0n) is 15.4. The number of carbonyl (C=O) groups is 1. The van der Waals surface area contributed by atoms with Crippen molar-refractivity contribution >= 4 is 11.6 Å². The van der Waals surface area contributed by atoms with Crippen molar-refractivity contribution in [3.05, 3.63) is 95.9 Å². The van der Waals surface area contributed by atoms with E-state index in [2.05, 4.69) is 16.7 Å². The highest BCUT2D eigenvalue weighted by Gasteiger charge is 2.36. The Labute approximate surface area is 158 Å². The summed E-state index contributed by atoms with van der Waals surface area (Å²) in [6.07, 6.45) is 5.30. The predicted octanol–water partition coefficient (Wildman–Crippen LogP) is 2.23. The van der Waals surface area contributed by atoms with Crippen LogP contribution in [0.5, 0.6) is 0 Å². The molecule has 1 unspecified atom stereocenters. The summed E-state index contributed by atoms with van der Waals surface area (Å²) < 4.78 is 3.94. The van der Waals surface area contributed by atoms with E-state index >= 15 is 0 Å². The molecule has 3 aromatic rings. The van der Waals surface area contributed by atoms with Crippen molar-refractivity contribution in [1.82, 2.24) is 4.57 Å². The first-order chi connectivity index (χ1) is 13.0. The van der Waals surface area contributed by atoms with Crippen LogP contribution >= 0.6 is 0 Å². The summed E-state index contributed by atoms with van der Waals surface area (Å²) in [4.78, 5) is 14.2. The largest absolute Gasteiger partial charge is 0.860 e. The van der Waals surface area contributed by atoms with Gasteiger partial charge in [-0.25, -0.2) is 9.13 Å². The number of nitrogens with zero attached hydrogens (tertiary/aromatic N) is 3. The maximum Gasteiger partial charge on any atom is 0.280 e. The third kappa shape index (κ3) is 3.12. The first-order valence-corrected chi connectivity index (χ1v) is 8.95. The lowest BCUT2D eigenvalue weighted by atomic mass is 10.2. The third-order valence-electron chi connectivity index (χ3n) is 4.98. The van der Waals surface area contributed by atoms with Crippen molar-refractivity contribution < 1.29 is 14.5 Å². The van der Waals surface area contributed by atoms with Gasteiger partial charge in [0, 0.05) is 12.6 Å². The molecule has 2 aromatic carbocycles. The molecule has 136 valence electrons. The predicted molar refractivity (Wildman–Crippen MR) is 101 cm³/mol. The molecule has 2 heterocycles. The van der Waals surface area contributed by atoms with Crippen LogP contribution in [0.4, 0.5) is 5.69 Å². The van der Waals surface area contributed by atoms with Gasteiger partial charge in [-0.1, -0.05) is 48.0 Å². The fraction of sp³-hybridized carbons (Fsp3) is 0.182. The Morgan fingerprint density at radius 3 is 2.44 bits per heavy atom. The minimum absolute atomic E-state index is 0.227. The first-order valence-electron chi connectivity index (χ1n) is 8.95. The molecule has 0 N–H and O–H groups in total. The van der Waals surface area contributed by atoms with Crippen molar-refractivity contribution in [3.8, 4) is 0 Å². The maximum absolute atomic E-state index is 13.0. The Hall–Kier alpha value is -3.34. The molecule has 0 aliphatic carbocycles. The lowest BCUT2D eigenvalue weighted by Crippen LogP contribution is -2.38. The number of hydrogen-bond donors (Lipinski definition) is 0. The molecule has 0 radical (unpaired) electrons. The second kappa shape index (κ2) is 6.76. The van der Waals surface area contributed by atoms with Gasteiger partial charge in [-0.2, -0.15) is 0 Å². The molecule has 1 amide bonds. The van der Waals surface area contributed by atoms with Crippen LogP contribution < -0.4 is 14.6 Å². The Morgan fingerprint density at radius 1 is 1.04 bits per heavy atom. The molecule has 1 aliphatic rings. The zero-order chi connectivity index (χ0) is 19.0. The monoisotopic (exact) mass is 359 g/mol. The van der Waals surface area contributed by atoms with Crippen molar-refractivity contribution in [3.63, 3.8) is 0 Å². The Morgan fingerprint density at radius 2 is 1.74 bits per heavy atom. The van der Waals surface area contributed by atoms with Crippen LogP contribution in [0.25, 0.3) is 0 Å². The van der Waals surface area contributed by atoms with Crippen LogP contribution in [0.1, 0.15) is 23.0 Å². The number of anilines is 1. The van der Waals surface area contributed by atoms with E-state index in [1.54, 1.807) is 12.1 Å². The Balaban J connectivity index is 1.61. The van der Waals surface area contributed by atoms with Gasteiger partial charge in [0.15, 0.2) is 6.04 Å². The number of amides is 1. The van der Waals surface area contributed by atoms with Gasteiger partial charge in [-0.05, 0) is 36.6 Å². The molecule has 27 heavy (non-hydrogen) atoms. The fourth-order valence-corrected chi connectivity index (χ4v) is 3.43. The summed E-state index contributed by atoms with van der Waals surface area (Å²) >= 11 is 0. The summed E-state index contributed by atoms with van der Waals surface area (Å²) in [5.41, 5.74) is 2.88. The summed E-state index contributed by atoms with van der Waals surface area (Å²) in [6, 6.07) is 16.9. The first kappa shape index (κ1) is 17.1. The number of benzene rings is 2. The molecule has 0 spiro atoms. The summed E-state index contributed by atoms with van der Waals surface area (Å²) in [5.74, 6) is 0.415. The average Bonchev–Trinajstić information content (AvgIpc) is 3.16. The highest BCUT2D eigenvalue weighted by molar-refractivity contribution is 6.02. The standard InChI is InChI=1S/C22H21N3O2/c1-16-8-10-19(11-9-16)25-21(26)14-20(22(25)27)24-13-12-23(17(24)2)15-18-6-4-3-5-7-18/h3-14,20H,15H2,1-2H3. The van der Waals surface area contributed by atoms with E-state index in [0.717, 1.165) is 17.9 Å². The smallest absolute Gasteiger partial charge is 0.280 e.